The van der Waals surface area contributed by atoms with Crippen LogP contribution in [0.3, 0.4) is 0 Å². The minimum Gasteiger partial charge on any atom is -0.496 e. The van der Waals surface area contributed by atoms with Gasteiger partial charge in [0.05, 0.1) is 25.7 Å². The number of ketones is 1. The second-order valence-electron chi connectivity index (χ2n) is 3.31. The average molecular weight is 283 g/mol. The van der Waals surface area contributed by atoms with Crippen LogP contribution in [-0.4, -0.2) is 25.9 Å². The van der Waals surface area contributed by atoms with E-state index < -0.39 is 17.5 Å². The molecular formula is C11H10ClF3O3. The molecule has 0 aliphatic heterocycles. The van der Waals surface area contributed by atoms with Crippen molar-refractivity contribution in [2.75, 3.05) is 20.1 Å². The lowest BCUT2D eigenvalue weighted by atomic mass is 10.1. The molecule has 100 valence electrons. The summed E-state index contributed by atoms with van der Waals surface area (Å²) in [6, 6.07) is 1.48. The van der Waals surface area contributed by atoms with E-state index in [1.807, 2.05) is 0 Å². The number of carbonyl (C=O) groups excluding carboxylic acids is 1. The van der Waals surface area contributed by atoms with E-state index in [0.717, 1.165) is 12.1 Å². The third-order valence-electron chi connectivity index (χ3n) is 2.23. The number of carbonyl (C=O) groups is 1. The highest BCUT2D eigenvalue weighted by Crippen LogP contribution is 2.38. The first-order valence-electron chi connectivity index (χ1n) is 4.77. The normalized spacial score (nSPS) is 11.2. The topological polar surface area (TPSA) is 35.5 Å². The van der Waals surface area contributed by atoms with Crippen molar-refractivity contribution in [1.29, 1.82) is 0 Å². The number of methoxy groups -OCH3 is 2. The van der Waals surface area contributed by atoms with Crippen LogP contribution in [0, 0.1) is 0 Å². The summed E-state index contributed by atoms with van der Waals surface area (Å²) in [5, 5.41) is 0. The summed E-state index contributed by atoms with van der Waals surface area (Å²) < 4.78 is 47.4. The zero-order valence-electron chi connectivity index (χ0n) is 9.60. The average Bonchev–Trinajstić information content (AvgIpc) is 2.34. The van der Waals surface area contributed by atoms with E-state index in [-0.39, 0.29) is 22.9 Å². The minimum absolute atomic E-state index is 0.0944. The summed E-state index contributed by atoms with van der Waals surface area (Å²) in [5.74, 6) is -1.38. The molecule has 0 N–H and O–H groups in total. The Kier molecular flexibility index (Phi) is 4.45. The van der Waals surface area contributed by atoms with Crippen molar-refractivity contribution in [2.45, 2.75) is 6.18 Å². The lowest BCUT2D eigenvalue weighted by Crippen LogP contribution is -2.11. The van der Waals surface area contributed by atoms with Crippen molar-refractivity contribution >= 4 is 17.4 Å². The van der Waals surface area contributed by atoms with Crippen molar-refractivity contribution < 1.29 is 27.4 Å². The molecule has 0 aliphatic rings. The Morgan fingerprint density at radius 2 is 1.67 bits per heavy atom. The Bertz CT molecular complexity index is 432. The molecule has 1 aromatic carbocycles. The number of hydrogen-bond donors (Lipinski definition) is 0. The van der Waals surface area contributed by atoms with Crippen LogP contribution in [0.2, 0.25) is 0 Å². The van der Waals surface area contributed by atoms with Gasteiger partial charge in [-0.05, 0) is 12.1 Å². The Morgan fingerprint density at radius 1 is 1.22 bits per heavy atom. The van der Waals surface area contributed by atoms with Gasteiger partial charge in [-0.3, -0.25) is 4.79 Å². The summed E-state index contributed by atoms with van der Waals surface area (Å²) in [5.41, 5.74) is -1.05. The van der Waals surface area contributed by atoms with E-state index in [1.165, 1.54) is 14.2 Å². The fourth-order valence-electron chi connectivity index (χ4n) is 1.42. The molecule has 18 heavy (non-hydrogen) atoms. The largest absolute Gasteiger partial charge is 0.496 e. The van der Waals surface area contributed by atoms with Gasteiger partial charge in [0.25, 0.3) is 0 Å². The Morgan fingerprint density at radius 3 is 1.94 bits per heavy atom. The van der Waals surface area contributed by atoms with Gasteiger partial charge >= 0.3 is 6.18 Å². The van der Waals surface area contributed by atoms with Crippen molar-refractivity contribution in [1.82, 2.24) is 0 Å². The second-order valence-corrected chi connectivity index (χ2v) is 3.58. The highest BCUT2D eigenvalue weighted by Gasteiger charge is 2.33. The first-order valence-corrected chi connectivity index (χ1v) is 5.31. The van der Waals surface area contributed by atoms with Crippen LogP contribution >= 0.6 is 11.6 Å². The molecule has 0 radical (unpaired) electrons. The Hall–Kier alpha value is -1.43. The molecule has 0 saturated heterocycles. The first kappa shape index (κ1) is 14.6. The summed E-state index contributed by atoms with van der Waals surface area (Å²) in [7, 11) is 2.33. The minimum atomic E-state index is -4.55. The number of benzene rings is 1. The van der Waals surface area contributed by atoms with Gasteiger partial charge in [-0.15, -0.1) is 11.6 Å². The molecular weight excluding hydrogens is 273 g/mol. The first-order chi connectivity index (χ1) is 8.35. The predicted octanol–water partition coefficient (Wildman–Crippen LogP) is 3.14. The lowest BCUT2D eigenvalue weighted by molar-refractivity contribution is -0.137. The summed E-state index contributed by atoms with van der Waals surface area (Å²) in [6.07, 6.45) is -4.55. The van der Waals surface area contributed by atoms with E-state index in [1.54, 1.807) is 0 Å². The highest BCUT2D eigenvalue weighted by molar-refractivity contribution is 6.31. The molecule has 1 aromatic rings. The van der Waals surface area contributed by atoms with E-state index in [4.69, 9.17) is 21.1 Å². The van der Waals surface area contributed by atoms with E-state index >= 15 is 0 Å². The Labute approximate surface area is 106 Å². The zero-order valence-corrected chi connectivity index (χ0v) is 10.4. The van der Waals surface area contributed by atoms with E-state index in [2.05, 4.69) is 0 Å². The molecule has 0 bridgehead atoms. The number of hydrogen-bond acceptors (Lipinski definition) is 3. The molecule has 0 spiro atoms. The van der Waals surface area contributed by atoms with Crippen molar-refractivity contribution in [3.63, 3.8) is 0 Å². The maximum absolute atomic E-state index is 12.6. The molecule has 0 aliphatic carbocycles. The van der Waals surface area contributed by atoms with E-state index in [0.29, 0.717) is 0 Å². The van der Waals surface area contributed by atoms with Gasteiger partial charge in [0.2, 0.25) is 0 Å². The van der Waals surface area contributed by atoms with Crippen molar-refractivity contribution in [3.8, 4) is 11.5 Å². The van der Waals surface area contributed by atoms with Gasteiger partial charge in [0.1, 0.15) is 17.1 Å². The van der Waals surface area contributed by atoms with E-state index in [9.17, 15) is 18.0 Å². The summed E-state index contributed by atoms with van der Waals surface area (Å²) in [6.45, 7) is 0. The van der Waals surface area contributed by atoms with Gasteiger partial charge in [-0.1, -0.05) is 0 Å². The molecule has 0 fully saturated rings. The van der Waals surface area contributed by atoms with Gasteiger partial charge in [-0.25, -0.2) is 0 Å². The van der Waals surface area contributed by atoms with Crippen LogP contribution < -0.4 is 9.47 Å². The van der Waals surface area contributed by atoms with Crippen LogP contribution in [0.25, 0.3) is 0 Å². The van der Waals surface area contributed by atoms with Gasteiger partial charge in [0.15, 0.2) is 5.78 Å². The van der Waals surface area contributed by atoms with Crippen LogP contribution in [0.5, 0.6) is 11.5 Å². The fourth-order valence-corrected chi connectivity index (χ4v) is 1.55. The van der Waals surface area contributed by atoms with Crippen LogP contribution in [0.15, 0.2) is 12.1 Å². The molecule has 1 rings (SSSR count). The molecule has 0 atom stereocenters. The number of halogens is 4. The zero-order chi connectivity index (χ0) is 13.9. The second kappa shape index (κ2) is 5.48. The predicted molar refractivity (Wildman–Crippen MR) is 59.6 cm³/mol. The smallest absolute Gasteiger partial charge is 0.416 e. The summed E-state index contributed by atoms with van der Waals surface area (Å²) >= 11 is 5.39. The highest BCUT2D eigenvalue weighted by atomic mass is 35.5. The third-order valence-corrected chi connectivity index (χ3v) is 2.48. The lowest BCUT2D eigenvalue weighted by Gasteiger charge is -2.15. The van der Waals surface area contributed by atoms with Crippen molar-refractivity contribution in [3.05, 3.63) is 23.3 Å². The SMILES string of the molecule is COc1cc(C(F)(F)F)cc(OC)c1C(=O)CCl. The summed E-state index contributed by atoms with van der Waals surface area (Å²) in [4.78, 5) is 11.6. The number of rotatable bonds is 4. The van der Waals surface area contributed by atoms with Crippen LogP contribution in [0.4, 0.5) is 13.2 Å². The van der Waals surface area contributed by atoms with Crippen LogP contribution in [-0.2, 0) is 6.18 Å². The molecule has 0 amide bonds. The van der Waals surface area contributed by atoms with Gasteiger partial charge < -0.3 is 9.47 Å². The monoisotopic (exact) mass is 282 g/mol. The standard InChI is InChI=1S/C11H10ClF3O3/c1-17-8-3-6(11(13,14)15)4-9(18-2)10(8)7(16)5-12/h3-4H,5H2,1-2H3. The Balaban J connectivity index is 3.49. The quantitative estimate of drug-likeness (QED) is 0.629. The number of Topliss-reactive ketones (excluding diaryl/α,β-unsaturated/α-hetero) is 1. The van der Waals surface area contributed by atoms with Crippen molar-refractivity contribution in [2.24, 2.45) is 0 Å². The number of ether oxygens (including phenoxy) is 2. The molecule has 7 heteroatoms. The van der Waals surface area contributed by atoms with Gasteiger partial charge in [-0.2, -0.15) is 13.2 Å². The molecule has 0 saturated carbocycles. The molecule has 0 unspecified atom stereocenters. The fraction of sp³-hybridized carbons (Fsp3) is 0.364. The molecule has 0 heterocycles. The molecule has 3 nitrogen and oxygen atoms in total. The third kappa shape index (κ3) is 2.87. The maximum Gasteiger partial charge on any atom is 0.416 e. The molecule has 0 aromatic heterocycles. The maximum atomic E-state index is 12.6. The van der Waals surface area contributed by atoms with Gasteiger partial charge in [0, 0.05) is 0 Å². The number of alkyl halides is 4. The van der Waals surface area contributed by atoms with Crippen LogP contribution in [0.1, 0.15) is 15.9 Å².